The predicted octanol–water partition coefficient (Wildman–Crippen LogP) is 0.0326. The van der Waals surface area contributed by atoms with Crippen molar-refractivity contribution < 1.29 is 28.8 Å². The molecule has 0 radical (unpaired) electrons. The topological polar surface area (TPSA) is 74.2 Å². The fourth-order valence-electron chi connectivity index (χ4n) is 2.10. The summed E-state index contributed by atoms with van der Waals surface area (Å²) in [5.74, 6) is 0. The van der Waals surface area contributed by atoms with Gasteiger partial charge in [-0.3, -0.25) is 0 Å². The van der Waals surface area contributed by atoms with Crippen molar-refractivity contribution >= 4 is 6.16 Å². The molecule has 2 heterocycles. The molecule has 2 aliphatic rings. The van der Waals surface area contributed by atoms with Gasteiger partial charge in [-0.25, -0.2) is 4.79 Å². The number of rotatable bonds is 1. The van der Waals surface area contributed by atoms with Crippen LogP contribution in [0.15, 0.2) is 0 Å². The van der Waals surface area contributed by atoms with E-state index in [-0.39, 0.29) is 0 Å². The molecule has 86 valence electrons. The van der Waals surface area contributed by atoms with E-state index in [1.54, 1.807) is 13.8 Å². The summed E-state index contributed by atoms with van der Waals surface area (Å²) in [6.07, 6.45) is -3.87. The Labute approximate surface area is 87.1 Å². The van der Waals surface area contributed by atoms with Gasteiger partial charge in [-0.1, -0.05) is 0 Å². The smallest absolute Gasteiger partial charge is 0.424 e. The van der Waals surface area contributed by atoms with Crippen LogP contribution in [-0.2, 0) is 18.9 Å². The molecule has 6 nitrogen and oxygen atoms in total. The van der Waals surface area contributed by atoms with Gasteiger partial charge in [0.05, 0.1) is 5.60 Å². The third kappa shape index (κ3) is 1.58. The van der Waals surface area contributed by atoms with Gasteiger partial charge < -0.3 is 24.1 Å². The molecular formula is C9H14O6. The summed E-state index contributed by atoms with van der Waals surface area (Å²) in [5, 5.41) is 9.61. The van der Waals surface area contributed by atoms with Gasteiger partial charge in [-0.15, -0.1) is 0 Å². The Morgan fingerprint density at radius 2 is 1.93 bits per heavy atom. The second-order valence-corrected chi connectivity index (χ2v) is 4.18. The van der Waals surface area contributed by atoms with Crippen LogP contribution >= 0.6 is 0 Å². The lowest BCUT2D eigenvalue weighted by Gasteiger charge is -2.43. The second-order valence-electron chi connectivity index (χ2n) is 4.18. The van der Waals surface area contributed by atoms with Crippen LogP contribution in [-0.4, -0.2) is 48.6 Å². The van der Waals surface area contributed by atoms with Crippen LogP contribution in [0.2, 0.25) is 0 Å². The van der Waals surface area contributed by atoms with Crippen LogP contribution in [0.25, 0.3) is 0 Å². The molecule has 0 bridgehead atoms. The SMILES string of the molecule is CO[C@@H]1[C@@H]2OC(=O)OC2C(O)OC1(C)C. The molecule has 0 aliphatic carbocycles. The molecule has 4 atom stereocenters. The Balaban J connectivity index is 2.26. The monoisotopic (exact) mass is 218 g/mol. The van der Waals surface area contributed by atoms with E-state index in [9.17, 15) is 9.90 Å². The minimum atomic E-state index is -1.18. The molecule has 2 unspecified atom stereocenters. The van der Waals surface area contributed by atoms with E-state index < -0.39 is 36.4 Å². The van der Waals surface area contributed by atoms with Gasteiger partial charge in [0, 0.05) is 7.11 Å². The normalized spacial score (nSPS) is 43.1. The highest BCUT2D eigenvalue weighted by molar-refractivity contribution is 5.63. The first-order chi connectivity index (χ1) is 6.95. The van der Waals surface area contributed by atoms with E-state index in [0.29, 0.717) is 0 Å². The van der Waals surface area contributed by atoms with Crippen LogP contribution in [0.3, 0.4) is 0 Å². The molecule has 2 rings (SSSR count). The maximum Gasteiger partial charge on any atom is 0.509 e. The molecule has 0 aromatic carbocycles. The number of hydrogen-bond donors (Lipinski definition) is 1. The van der Waals surface area contributed by atoms with Crippen LogP contribution in [0, 0.1) is 0 Å². The van der Waals surface area contributed by atoms with E-state index in [1.165, 1.54) is 7.11 Å². The lowest BCUT2D eigenvalue weighted by Crippen LogP contribution is -2.61. The minimum absolute atomic E-state index is 0.461. The van der Waals surface area contributed by atoms with Crippen LogP contribution < -0.4 is 0 Å². The number of ether oxygens (including phenoxy) is 4. The number of aliphatic hydroxyl groups excluding tert-OH is 1. The lowest BCUT2D eigenvalue weighted by atomic mass is 9.90. The highest BCUT2D eigenvalue weighted by atomic mass is 16.8. The van der Waals surface area contributed by atoms with Gasteiger partial charge in [0.25, 0.3) is 0 Å². The van der Waals surface area contributed by atoms with E-state index in [2.05, 4.69) is 0 Å². The molecule has 0 aromatic heterocycles. The first kappa shape index (κ1) is 10.7. The fraction of sp³-hybridized carbons (Fsp3) is 0.889. The van der Waals surface area contributed by atoms with Crippen LogP contribution in [0.1, 0.15) is 13.8 Å². The van der Waals surface area contributed by atoms with Crippen molar-refractivity contribution in [2.45, 2.75) is 44.1 Å². The summed E-state index contributed by atoms with van der Waals surface area (Å²) in [7, 11) is 1.50. The maximum atomic E-state index is 11.0. The van der Waals surface area contributed by atoms with E-state index in [4.69, 9.17) is 18.9 Å². The molecule has 2 fully saturated rings. The van der Waals surface area contributed by atoms with E-state index in [0.717, 1.165) is 0 Å². The third-order valence-electron chi connectivity index (χ3n) is 2.73. The van der Waals surface area contributed by atoms with Crippen molar-refractivity contribution in [2.24, 2.45) is 0 Å². The first-order valence-corrected chi connectivity index (χ1v) is 4.71. The van der Waals surface area contributed by atoms with Gasteiger partial charge in [0.15, 0.2) is 18.5 Å². The van der Waals surface area contributed by atoms with Gasteiger partial charge in [0.2, 0.25) is 0 Å². The van der Waals surface area contributed by atoms with Crippen molar-refractivity contribution in [3.8, 4) is 0 Å². The minimum Gasteiger partial charge on any atom is -0.424 e. The van der Waals surface area contributed by atoms with Gasteiger partial charge >= 0.3 is 6.16 Å². The first-order valence-electron chi connectivity index (χ1n) is 4.71. The molecule has 0 amide bonds. The quantitative estimate of drug-likeness (QED) is 0.626. The molecule has 6 heteroatoms. The number of carbonyl (C=O) groups excluding carboxylic acids is 1. The summed E-state index contributed by atoms with van der Waals surface area (Å²) in [6, 6.07) is 0. The van der Waals surface area contributed by atoms with Crippen LogP contribution in [0.4, 0.5) is 4.79 Å². The van der Waals surface area contributed by atoms with E-state index >= 15 is 0 Å². The van der Waals surface area contributed by atoms with Gasteiger partial charge in [0.1, 0.15) is 6.10 Å². The molecule has 15 heavy (non-hydrogen) atoms. The van der Waals surface area contributed by atoms with E-state index in [1.807, 2.05) is 0 Å². The summed E-state index contributed by atoms with van der Waals surface area (Å²) < 4.78 is 20.3. The number of fused-ring (bicyclic) bond motifs is 1. The predicted molar refractivity (Wildman–Crippen MR) is 47.1 cm³/mol. The standard InChI is InChI=1S/C9H14O6/c1-9(2)6(12-3)4-5(7(10)15-9)14-8(11)13-4/h4-7,10H,1-3H3/t4-,5?,6-,7?/m1/s1. The Bertz CT molecular complexity index is 276. The molecule has 0 aromatic rings. The zero-order valence-corrected chi connectivity index (χ0v) is 8.80. The molecule has 2 aliphatic heterocycles. The Hall–Kier alpha value is -0.850. The van der Waals surface area contributed by atoms with Gasteiger partial charge in [-0.05, 0) is 13.8 Å². The summed E-state index contributed by atoms with van der Waals surface area (Å²) in [4.78, 5) is 11.0. The fourth-order valence-corrected chi connectivity index (χ4v) is 2.10. The molecule has 0 spiro atoms. The summed E-state index contributed by atoms with van der Waals surface area (Å²) in [5.41, 5.74) is -0.733. The zero-order valence-electron chi connectivity index (χ0n) is 8.80. The molecule has 2 saturated heterocycles. The summed E-state index contributed by atoms with van der Waals surface area (Å²) >= 11 is 0. The number of aliphatic hydroxyl groups is 1. The third-order valence-corrected chi connectivity index (χ3v) is 2.73. The molecular weight excluding hydrogens is 204 g/mol. The Morgan fingerprint density at radius 1 is 1.33 bits per heavy atom. The Kier molecular flexibility index (Phi) is 2.37. The Morgan fingerprint density at radius 3 is 2.53 bits per heavy atom. The maximum absolute atomic E-state index is 11.0. The lowest BCUT2D eigenvalue weighted by molar-refractivity contribution is -0.291. The molecule has 0 saturated carbocycles. The zero-order chi connectivity index (χ0) is 11.2. The average molecular weight is 218 g/mol. The highest BCUT2D eigenvalue weighted by Gasteiger charge is 2.57. The van der Waals surface area contributed by atoms with Crippen molar-refractivity contribution in [1.82, 2.24) is 0 Å². The number of methoxy groups -OCH3 is 1. The van der Waals surface area contributed by atoms with Gasteiger partial charge in [-0.2, -0.15) is 0 Å². The van der Waals surface area contributed by atoms with Crippen LogP contribution in [0.5, 0.6) is 0 Å². The highest BCUT2D eigenvalue weighted by Crippen LogP contribution is 2.36. The largest absolute Gasteiger partial charge is 0.509 e. The van der Waals surface area contributed by atoms with Crippen molar-refractivity contribution in [3.05, 3.63) is 0 Å². The number of hydrogen-bond acceptors (Lipinski definition) is 6. The van der Waals surface area contributed by atoms with Crippen molar-refractivity contribution in [1.29, 1.82) is 0 Å². The number of carbonyl (C=O) groups is 1. The average Bonchev–Trinajstić information content (AvgIpc) is 2.46. The summed E-state index contributed by atoms with van der Waals surface area (Å²) in [6.45, 7) is 3.51. The van der Waals surface area contributed by atoms with Crippen molar-refractivity contribution in [2.75, 3.05) is 7.11 Å². The second kappa shape index (κ2) is 3.33. The molecule has 1 N–H and O–H groups in total. The van der Waals surface area contributed by atoms with Crippen molar-refractivity contribution in [3.63, 3.8) is 0 Å².